The highest BCUT2D eigenvalue weighted by atomic mass is 32.1. The Balaban J connectivity index is 2.09. The largest absolute Gasteiger partial charge is 0.411 e. The summed E-state index contributed by atoms with van der Waals surface area (Å²) in [5.74, 6) is -3.12. The lowest BCUT2D eigenvalue weighted by molar-refractivity contribution is -0.215. The molecule has 1 aliphatic carbocycles. The summed E-state index contributed by atoms with van der Waals surface area (Å²) in [4.78, 5) is 15.4. The van der Waals surface area contributed by atoms with Gasteiger partial charge < -0.3 is 5.32 Å². The maximum atomic E-state index is 13.2. The summed E-state index contributed by atoms with van der Waals surface area (Å²) in [6.07, 6.45) is -6.96. The number of nitrogens with zero attached hydrogens (tertiary/aromatic N) is 1. The van der Waals surface area contributed by atoms with Gasteiger partial charge in [-0.3, -0.25) is 5.32 Å². The molecule has 10 heteroatoms. The van der Waals surface area contributed by atoms with Crippen molar-refractivity contribution >= 4 is 22.5 Å². The smallest absolute Gasteiger partial charge is 0.323 e. The van der Waals surface area contributed by atoms with E-state index in [-0.39, 0.29) is 5.13 Å². The van der Waals surface area contributed by atoms with Crippen molar-refractivity contribution in [2.45, 2.75) is 43.3 Å². The first kappa shape index (κ1) is 15.9. The number of amides is 2. The second-order valence-electron chi connectivity index (χ2n) is 4.85. The van der Waals surface area contributed by atoms with E-state index < -0.39 is 49.4 Å². The third-order valence-corrected chi connectivity index (χ3v) is 4.07. The van der Waals surface area contributed by atoms with E-state index >= 15 is 0 Å². The minimum absolute atomic E-state index is 0.131. The van der Waals surface area contributed by atoms with E-state index in [1.54, 1.807) is 5.32 Å². The first-order valence-electron chi connectivity index (χ1n) is 6.07. The Labute approximate surface area is 120 Å². The zero-order valence-electron chi connectivity index (χ0n) is 10.6. The molecule has 1 aromatic heterocycles. The number of hydrogen-bond acceptors (Lipinski definition) is 3. The lowest BCUT2D eigenvalue weighted by Gasteiger charge is -2.41. The third kappa shape index (κ3) is 3.60. The maximum absolute atomic E-state index is 13.2. The molecule has 118 valence electrons. The highest BCUT2D eigenvalue weighted by Gasteiger charge is 2.59. The van der Waals surface area contributed by atoms with Crippen LogP contribution in [0.5, 0.6) is 0 Å². The predicted molar refractivity (Wildman–Crippen MR) is 66.5 cm³/mol. The number of urea groups is 1. The average molecular weight is 329 g/mol. The number of hydrogen-bond donors (Lipinski definition) is 2. The first-order valence-corrected chi connectivity index (χ1v) is 6.95. The Kier molecular flexibility index (Phi) is 4.09. The highest BCUT2D eigenvalue weighted by molar-refractivity contribution is 7.13. The number of aromatic nitrogens is 1. The van der Waals surface area contributed by atoms with Gasteiger partial charge in [0.2, 0.25) is 5.92 Å². The molecule has 1 aliphatic rings. The normalized spacial score (nSPS) is 20.8. The van der Waals surface area contributed by atoms with Gasteiger partial charge in [-0.1, -0.05) is 0 Å². The van der Waals surface area contributed by atoms with Crippen molar-refractivity contribution in [2.24, 2.45) is 0 Å². The fourth-order valence-corrected chi connectivity index (χ4v) is 2.68. The number of carbonyl (C=O) groups excluding carboxylic acids is 1. The molecule has 0 unspecified atom stereocenters. The molecule has 0 spiro atoms. The first-order chi connectivity index (χ1) is 9.64. The molecule has 1 saturated carbocycles. The number of thiazole rings is 1. The van der Waals surface area contributed by atoms with Crippen LogP contribution in [0.25, 0.3) is 0 Å². The molecule has 0 saturated heterocycles. The molecule has 2 rings (SSSR count). The Morgan fingerprint density at radius 2 is 1.86 bits per heavy atom. The Bertz CT molecular complexity index is 492. The maximum Gasteiger partial charge on any atom is 0.411 e. The molecule has 0 radical (unpaired) electrons. The summed E-state index contributed by atoms with van der Waals surface area (Å²) in [6.45, 7) is 0. The minimum Gasteiger partial charge on any atom is -0.323 e. The van der Waals surface area contributed by atoms with Crippen LogP contribution in [-0.4, -0.2) is 28.7 Å². The van der Waals surface area contributed by atoms with E-state index in [9.17, 15) is 26.7 Å². The van der Waals surface area contributed by atoms with Gasteiger partial charge in [0.1, 0.15) is 5.54 Å². The molecule has 0 aliphatic heterocycles. The minimum atomic E-state index is -4.80. The zero-order chi connectivity index (χ0) is 15.7. The Hall–Kier alpha value is -1.45. The van der Waals surface area contributed by atoms with Crippen molar-refractivity contribution in [3.8, 4) is 0 Å². The summed E-state index contributed by atoms with van der Waals surface area (Å²) >= 11 is 1.04. The number of halogens is 5. The molecule has 1 aromatic rings. The fraction of sp³-hybridized carbons (Fsp3) is 0.636. The second kappa shape index (κ2) is 5.39. The van der Waals surface area contributed by atoms with Gasteiger partial charge in [-0.05, 0) is 12.8 Å². The van der Waals surface area contributed by atoms with E-state index in [4.69, 9.17) is 0 Å². The molecule has 4 nitrogen and oxygen atoms in total. The fourth-order valence-electron chi connectivity index (χ4n) is 2.15. The van der Waals surface area contributed by atoms with Crippen molar-refractivity contribution in [3.05, 3.63) is 11.6 Å². The van der Waals surface area contributed by atoms with Crippen molar-refractivity contribution in [3.63, 3.8) is 0 Å². The van der Waals surface area contributed by atoms with Crippen LogP contribution in [0.2, 0.25) is 0 Å². The zero-order valence-corrected chi connectivity index (χ0v) is 11.5. The Morgan fingerprint density at radius 3 is 2.33 bits per heavy atom. The molecule has 2 amide bonds. The molecule has 1 heterocycles. The van der Waals surface area contributed by atoms with Gasteiger partial charge in [-0.15, -0.1) is 11.3 Å². The van der Waals surface area contributed by atoms with E-state index in [1.807, 2.05) is 0 Å². The van der Waals surface area contributed by atoms with Crippen molar-refractivity contribution < 1.29 is 26.7 Å². The van der Waals surface area contributed by atoms with Crippen LogP contribution in [0, 0.1) is 0 Å². The lowest BCUT2D eigenvalue weighted by Crippen LogP contribution is -2.62. The number of alkyl halides is 5. The standard InChI is InChI=1S/C11H12F5N3OS/c12-10(13)3-1-9(2-4-10,11(14,15)16)19-7(20)18-8-17-5-6-21-8/h5-6H,1-4H2,(H2,17,18,19,20). The number of carbonyl (C=O) groups is 1. The van der Waals surface area contributed by atoms with Gasteiger partial charge in [0, 0.05) is 24.4 Å². The van der Waals surface area contributed by atoms with Gasteiger partial charge in [0.15, 0.2) is 5.13 Å². The lowest BCUT2D eigenvalue weighted by atomic mass is 9.79. The van der Waals surface area contributed by atoms with Gasteiger partial charge in [-0.25, -0.2) is 18.6 Å². The van der Waals surface area contributed by atoms with Gasteiger partial charge >= 0.3 is 12.2 Å². The predicted octanol–water partition coefficient (Wildman–Crippen LogP) is 3.78. The van der Waals surface area contributed by atoms with Crippen LogP contribution in [0.4, 0.5) is 31.9 Å². The molecule has 21 heavy (non-hydrogen) atoms. The summed E-state index contributed by atoms with van der Waals surface area (Å²) in [7, 11) is 0. The molecule has 0 bridgehead atoms. The summed E-state index contributed by atoms with van der Waals surface area (Å²) in [5, 5.41) is 5.63. The highest BCUT2D eigenvalue weighted by Crippen LogP contribution is 2.46. The summed E-state index contributed by atoms with van der Waals surface area (Å²) < 4.78 is 65.7. The molecular weight excluding hydrogens is 317 g/mol. The molecular formula is C11H12F5N3OS. The van der Waals surface area contributed by atoms with Crippen LogP contribution in [0.3, 0.4) is 0 Å². The van der Waals surface area contributed by atoms with E-state index in [1.165, 1.54) is 11.6 Å². The molecule has 2 N–H and O–H groups in total. The topological polar surface area (TPSA) is 54.0 Å². The van der Waals surface area contributed by atoms with Crippen molar-refractivity contribution in [1.29, 1.82) is 0 Å². The monoisotopic (exact) mass is 329 g/mol. The summed E-state index contributed by atoms with van der Waals surface area (Å²) in [6, 6.07) is -1.10. The summed E-state index contributed by atoms with van der Waals surface area (Å²) in [5.41, 5.74) is -2.63. The average Bonchev–Trinajstić information content (AvgIpc) is 2.83. The van der Waals surface area contributed by atoms with Gasteiger partial charge in [-0.2, -0.15) is 13.2 Å². The quantitative estimate of drug-likeness (QED) is 0.812. The molecule has 1 fully saturated rings. The molecule has 0 atom stereocenters. The van der Waals surface area contributed by atoms with Crippen LogP contribution in [0.15, 0.2) is 11.6 Å². The number of rotatable bonds is 2. The van der Waals surface area contributed by atoms with E-state index in [0.29, 0.717) is 0 Å². The van der Waals surface area contributed by atoms with Gasteiger partial charge in [0.25, 0.3) is 0 Å². The van der Waals surface area contributed by atoms with Crippen molar-refractivity contribution in [1.82, 2.24) is 10.3 Å². The number of nitrogens with one attached hydrogen (secondary N) is 2. The van der Waals surface area contributed by atoms with E-state index in [0.717, 1.165) is 11.3 Å². The van der Waals surface area contributed by atoms with Crippen LogP contribution < -0.4 is 10.6 Å². The second-order valence-corrected chi connectivity index (χ2v) is 5.75. The van der Waals surface area contributed by atoms with Crippen LogP contribution in [0.1, 0.15) is 25.7 Å². The number of anilines is 1. The van der Waals surface area contributed by atoms with Crippen LogP contribution in [-0.2, 0) is 0 Å². The van der Waals surface area contributed by atoms with Gasteiger partial charge in [0.05, 0.1) is 0 Å². The third-order valence-electron chi connectivity index (χ3n) is 3.38. The van der Waals surface area contributed by atoms with E-state index in [2.05, 4.69) is 10.3 Å². The van der Waals surface area contributed by atoms with Crippen molar-refractivity contribution in [2.75, 3.05) is 5.32 Å². The molecule has 0 aromatic carbocycles. The SMILES string of the molecule is O=C(Nc1nccs1)NC1(C(F)(F)F)CCC(F)(F)CC1. The Morgan fingerprint density at radius 1 is 1.24 bits per heavy atom. The van der Waals surface area contributed by atoms with Crippen LogP contribution >= 0.6 is 11.3 Å².